The average molecular weight is 217 g/mol. The largest absolute Gasteiger partial charge is 0.384 e. The minimum Gasteiger partial charge on any atom is -0.384 e. The molecule has 0 saturated heterocycles. The van der Waals surface area contributed by atoms with Gasteiger partial charge in [-0.05, 0) is 18.8 Å². The van der Waals surface area contributed by atoms with Crippen LogP contribution >= 0.6 is 10.0 Å². The first-order valence-electron chi connectivity index (χ1n) is 4.50. The highest BCUT2D eigenvalue weighted by molar-refractivity contribution is 8.32. The number of aromatic nitrogens is 2. The fourth-order valence-corrected chi connectivity index (χ4v) is 1.53. The normalized spacial score (nSPS) is 13.1. The molecule has 0 fully saturated rings. The topological polar surface area (TPSA) is 53.1 Å². The molecule has 0 aliphatic heterocycles. The van der Waals surface area contributed by atoms with Gasteiger partial charge < -0.3 is 10.5 Å². The van der Waals surface area contributed by atoms with Gasteiger partial charge in [-0.3, -0.25) is 0 Å². The second-order valence-corrected chi connectivity index (χ2v) is 8.68. The van der Waals surface area contributed by atoms with Gasteiger partial charge in [0.25, 0.3) is 0 Å². The SMILES string of the molecule is CS(C)(C)CCOCn1nccc1N. The Bertz CT molecular complexity index is 280. The van der Waals surface area contributed by atoms with Crippen molar-refractivity contribution in [3.05, 3.63) is 12.3 Å². The monoisotopic (exact) mass is 217 g/mol. The summed E-state index contributed by atoms with van der Waals surface area (Å²) in [7, 11) is -0.461. The molecule has 5 heteroatoms. The van der Waals surface area contributed by atoms with Crippen LogP contribution in [0.25, 0.3) is 0 Å². The van der Waals surface area contributed by atoms with E-state index < -0.39 is 10.0 Å². The summed E-state index contributed by atoms with van der Waals surface area (Å²) in [5.74, 6) is 1.77. The standard InChI is InChI=1S/C9H19N3OS/c1-14(2,3)7-6-13-8-12-9(10)4-5-11-12/h4-5H,6-8,10H2,1-3H3. The molecule has 0 amide bonds. The lowest BCUT2D eigenvalue weighted by atomic mass is 10.7. The van der Waals surface area contributed by atoms with E-state index in [4.69, 9.17) is 10.5 Å². The van der Waals surface area contributed by atoms with Gasteiger partial charge in [-0.15, -0.1) is 0 Å². The maximum absolute atomic E-state index is 5.63. The van der Waals surface area contributed by atoms with Gasteiger partial charge in [0.2, 0.25) is 0 Å². The van der Waals surface area contributed by atoms with E-state index in [1.807, 2.05) is 0 Å². The average Bonchev–Trinajstić information content (AvgIpc) is 2.44. The van der Waals surface area contributed by atoms with Gasteiger partial charge in [0.05, 0.1) is 12.8 Å². The van der Waals surface area contributed by atoms with E-state index in [-0.39, 0.29) is 0 Å². The van der Waals surface area contributed by atoms with E-state index >= 15 is 0 Å². The number of ether oxygens (including phenoxy) is 1. The summed E-state index contributed by atoms with van der Waals surface area (Å²) in [6.07, 6.45) is 8.50. The maximum atomic E-state index is 5.63. The Balaban J connectivity index is 2.20. The summed E-state index contributed by atoms with van der Waals surface area (Å²) in [6.45, 7) is 1.23. The number of hydrogen-bond donors (Lipinski definition) is 1. The van der Waals surface area contributed by atoms with Crippen LogP contribution in [0.15, 0.2) is 12.3 Å². The number of nitrogen functional groups attached to an aromatic ring is 1. The molecule has 1 rings (SSSR count). The molecule has 0 aromatic carbocycles. The predicted molar refractivity (Wildman–Crippen MR) is 62.8 cm³/mol. The number of hydrogen-bond acceptors (Lipinski definition) is 3. The lowest BCUT2D eigenvalue weighted by molar-refractivity contribution is 0.0825. The van der Waals surface area contributed by atoms with Crippen LogP contribution in [-0.4, -0.2) is 40.9 Å². The molecule has 0 unspecified atom stereocenters. The summed E-state index contributed by atoms with van der Waals surface area (Å²) in [5, 5.41) is 4.02. The molecular weight excluding hydrogens is 198 g/mol. The maximum Gasteiger partial charge on any atom is 0.141 e. The van der Waals surface area contributed by atoms with E-state index in [1.54, 1.807) is 16.9 Å². The lowest BCUT2D eigenvalue weighted by Crippen LogP contribution is -2.12. The highest BCUT2D eigenvalue weighted by atomic mass is 32.3. The summed E-state index contributed by atoms with van der Waals surface area (Å²) >= 11 is 0. The van der Waals surface area contributed by atoms with E-state index in [2.05, 4.69) is 23.9 Å². The van der Waals surface area contributed by atoms with Gasteiger partial charge in [0.1, 0.15) is 12.5 Å². The molecule has 4 nitrogen and oxygen atoms in total. The van der Waals surface area contributed by atoms with Crippen LogP contribution in [0.2, 0.25) is 0 Å². The molecule has 1 aromatic rings. The molecule has 82 valence electrons. The first-order valence-corrected chi connectivity index (χ1v) is 7.53. The highest BCUT2D eigenvalue weighted by Crippen LogP contribution is 2.33. The van der Waals surface area contributed by atoms with Crippen LogP contribution in [0.1, 0.15) is 0 Å². The summed E-state index contributed by atoms with van der Waals surface area (Å²) in [4.78, 5) is 0. The Kier molecular flexibility index (Phi) is 3.83. The number of nitrogens with two attached hydrogens (primary N) is 1. The van der Waals surface area contributed by atoms with Crippen molar-refractivity contribution in [2.45, 2.75) is 6.73 Å². The Labute approximate surface area is 86.7 Å². The van der Waals surface area contributed by atoms with Gasteiger partial charge in [0, 0.05) is 11.8 Å². The Hall–Kier alpha value is -0.680. The molecule has 14 heavy (non-hydrogen) atoms. The first-order chi connectivity index (χ1) is 6.49. The Morgan fingerprint density at radius 3 is 2.71 bits per heavy atom. The fraction of sp³-hybridized carbons (Fsp3) is 0.667. The number of rotatable bonds is 5. The van der Waals surface area contributed by atoms with Crippen molar-refractivity contribution in [3.63, 3.8) is 0 Å². The van der Waals surface area contributed by atoms with Crippen molar-refractivity contribution >= 4 is 15.8 Å². The minimum absolute atomic E-state index is 0.453. The molecule has 0 bridgehead atoms. The predicted octanol–water partition coefficient (Wildman–Crippen LogP) is 1.13. The lowest BCUT2D eigenvalue weighted by Gasteiger charge is -2.24. The van der Waals surface area contributed by atoms with E-state index in [0.717, 1.165) is 12.4 Å². The molecule has 0 spiro atoms. The quantitative estimate of drug-likeness (QED) is 0.752. The van der Waals surface area contributed by atoms with Crippen LogP contribution in [-0.2, 0) is 11.5 Å². The van der Waals surface area contributed by atoms with Gasteiger partial charge in [-0.25, -0.2) is 14.7 Å². The minimum atomic E-state index is -0.461. The second kappa shape index (κ2) is 4.70. The van der Waals surface area contributed by atoms with Crippen molar-refractivity contribution in [2.75, 3.05) is 36.9 Å². The van der Waals surface area contributed by atoms with Crippen LogP contribution in [0.4, 0.5) is 5.82 Å². The van der Waals surface area contributed by atoms with Gasteiger partial charge >= 0.3 is 0 Å². The third kappa shape index (κ3) is 4.02. The van der Waals surface area contributed by atoms with Crippen LogP contribution < -0.4 is 5.73 Å². The molecule has 2 N–H and O–H groups in total. The van der Waals surface area contributed by atoms with E-state index in [9.17, 15) is 0 Å². The molecule has 0 aliphatic carbocycles. The fourth-order valence-electron chi connectivity index (χ4n) is 0.911. The molecule has 0 atom stereocenters. The zero-order valence-corrected chi connectivity index (χ0v) is 9.88. The first kappa shape index (κ1) is 11.4. The smallest absolute Gasteiger partial charge is 0.141 e. The molecular formula is C9H19N3OS. The zero-order chi connectivity index (χ0) is 10.6. The molecule has 0 saturated carbocycles. The van der Waals surface area contributed by atoms with Crippen molar-refractivity contribution in [3.8, 4) is 0 Å². The molecule has 1 heterocycles. The molecule has 0 aliphatic rings. The Morgan fingerprint density at radius 2 is 2.21 bits per heavy atom. The highest BCUT2D eigenvalue weighted by Gasteiger charge is 2.03. The van der Waals surface area contributed by atoms with Crippen LogP contribution in [0, 0.1) is 0 Å². The number of nitrogens with zero attached hydrogens (tertiary/aromatic N) is 2. The zero-order valence-electron chi connectivity index (χ0n) is 9.06. The van der Waals surface area contributed by atoms with E-state index in [0.29, 0.717) is 12.5 Å². The van der Waals surface area contributed by atoms with Gasteiger partial charge in [-0.2, -0.15) is 5.10 Å². The van der Waals surface area contributed by atoms with Crippen molar-refractivity contribution in [1.29, 1.82) is 0 Å². The Morgan fingerprint density at radius 1 is 1.50 bits per heavy atom. The summed E-state index contributed by atoms with van der Waals surface area (Å²) in [6, 6.07) is 1.76. The van der Waals surface area contributed by atoms with Gasteiger partial charge in [0.15, 0.2) is 0 Å². The van der Waals surface area contributed by atoms with Crippen molar-refractivity contribution < 1.29 is 4.74 Å². The molecule has 1 aromatic heterocycles. The van der Waals surface area contributed by atoms with Gasteiger partial charge in [-0.1, -0.05) is 0 Å². The van der Waals surface area contributed by atoms with Crippen molar-refractivity contribution in [2.24, 2.45) is 0 Å². The second-order valence-electron chi connectivity index (χ2n) is 4.09. The van der Waals surface area contributed by atoms with Crippen LogP contribution in [0.3, 0.4) is 0 Å². The summed E-state index contributed by atoms with van der Waals surface area (Å²) in [5.41, 5.74) is 5.63. The molecule has 0 radical (unpaired) electrons. The number of anilines is 1. The summed E-state index contributed by atoms with van der Waals surface area (Å²) < 4.78 is 7.13. The third-order valence-electron chi connectivity index (χ3n) is 1.80. The third-order valence-corrected chi connectivity index (χ3v) is 3.19. The van der Waals surface area contributed by atoms with E-state index in [1.165, 1.54) is 0 Å². The van der Waals surface area contributed by atoms with Crippen LogP contribution in [0.5, 0.6) is 0 Å². The van der Waals surface area contributed by atoms with Crippen molar-refractivity contribution in [1.82, 2.24) is 9.78 Å².